The number of piperidine rings is 1. The van der Waals surface area contributed by atoms with Gasteiger partial charge in [-0.25, -0.2) is 0 Å². The summed E-state index contributed by atoms with van der Waals surface area (Å²) in [6.07, 6.45) is 6.41. The van der Waals surface area contributed by atoms with Crippen molar-refractivity contribution in [2.45, 2.75) is 52.5 Å². The number of carbonyl (C=O) groups is 1. The number of hydrogen-bond acceptors (Lipinski definition) is 3. The molecule has 134 valence electrons. The lowest BCUT2D eigenvalue weighted by Gasteiger charge is -2.33. The molecule has 4 heteroatoms. The molecule has 0 radical (unpaired) electrons. The Morgan fingerprint density at radius 1 is 1.08 bits per heavy atom. The number of aromatic nitrogens is 2. The van der Waals surface area contributed by atoms with Gasteiger partial charge in [0.25, 0.3) is 0 Å². The lowest BCUT2D eigenvalue weighted by atomic mass is 10.00. The van der Waals surface area contributed by atoms with Crippen LogP contribution in [0.5, 0.6) is 0 Å². The maximum atomic E-state index is 12.1. The minimum absolute atomic E-state index is 0.0476. The largest absolute Gasteiger partial charge is 0.371 e. The van der Waals surface area contributed by atoms with Crippen LogP contribution in [0.25, 0.3) is 0 Å². The molecule has 1 fully saturated rings. The highest BCUT2D eigenvalue weighted by molar-refractivity contribution is 5.97. The van der Waals surface area contributed by atoms with E-state index in [1.165, 1.54) is 11.3 Å². The average molecular weight is 339 g/mol. The Balaban J connectivity index is 1.61. The molecule has 4 nitrogen and oxygen atoms in total. The highest BCUT2D eigenvalue weighted by Gasteiger charge is 2.22. The van der Waals surface area contributed by atoms with Crippen molar-refractivity contribution < 1.29 is 4.79 Å². The summed E-state index contributed by atoms with van der Waals surface area (Å²) < 4.78 is 2.15. The predicted molar refractivity (Wildman–Crippen MR) is 102 cm³/mol. The van der Waals surface area contributed by atoms with Crippen LogP contribution in [0.3, 0.4) is 0 Å². The van der Waals surface area contributed by atoms with E-state index in [9.17, 15) is 4.79 Å². The molecule has 0 amide bonds. The van der Waals surface area contributed by atoms with Gasteiger partial charge in [0.1, 0.15) is 0 Å². The normalized spacial score (nSPS) is 16.0. The van der Waals surface area contributed by atoms with Crippen LogP contribution >= 0.6 is 0 Å². The van der Waals surface area contributed by atoms with Crippen LogP contribution in [0.2, 0.25) is 0 Å². The van der Waals surface area contributed by atoms with Gasteiger partial charge in [-0.2, -0.15) is 5.10 Å². The fraction of sp³-hybridized carbons (Fsp3) is 0.524. The van der Waals surface area contributed by atoms with Crippen LogP contribution < -0.4 is 4.90 Å². The van der Waals surface area contributed by atoms with Gasteiger partial charge in [-0.1, -0.05) is 27.7 Å². The van der Waals surface area contributed by atoms with Crippen molar-refractivity contribution in [1.29, 1.82) is 0 Å². The molecule has 0 unspecified atom stereocenters. The van der Waals surface area contributed by atoms with Crippen molar-refractivity contribution in [3.63, 3.8) is 0 Å². The number of rotatable bonds is 5. The second-order valence-corrected chi connectivity index (χ2v) is 7.69. The summed E-state index contributed by atoms with van der Waals surface area (Å²) in [6.45, 7) is 10.4. The molecular weight excluding hydrogens is 310 g/mol. The van der Waals surface area contributed by atoms with Crippen molar-refractivity contribution >= 4 is 11.5 Å². The van der Waals surface area contributed by atoms with Crippen molar-refractivity contribution in [1.82, 2.24) is 9.78 Å². The lowest BCUT2D eigenvalue weighted by molar-refractivity contribution is 0.0939. The second kappa shape index (κ2) is 7.42. The van der Waals surface area contributed by atoms with Crippen molar-refractivity contribution in [2.24, 2.45) is 5.92 Å². The summed E-state index contributed by atoms with van der Waals surface area (Å²) in [5.41, 5.74) is 3.33. The maximum Gasteiger partial charge on any atom is 0.165 e. The van der Waals surface area contributed by atoms with E-state index >= 15 is 0 Å². The smallest absolute Gasteiger partial charge is 0.165 e. The van der Waals surface area contributed by atoms with E-state index in [1.807, 2.05) is 32.2 Å². The summed E-state index contributed by atoms with van der Waals surface area (Å²) >= 11 is 0. The minimum atomic E-state index is 0.0476. The Hall–Kier alpha value is -2.10. The standard InChI is InChI=1S/C21H29N3O/c1-15(2)18-13-22-24(14-18)20-9-11-23(12-10-20)19-7-5-17(6-8-19)21(25)16(3)4/h5-8,13-16,20H,9-12H2,1-4H3. The van der Waals surface area contributed by atoms with Gasteiger partial charge in [0.2, 0.25) is 0 Å². The van der Waals surface area contributed by atoms with Gasteiger partial charge in [0.15, 0.2) is 5.78 Å². The summed E-state index contributed by atoms with van der Waals surface area (Å²) in [5.74, 6) is 0.789. The van der Waals surface area contributed by atoms with Crippen LogP contribution in [0.1, 0.15) is 68.4 Å². The molecule has 2 heterocycles. The van der Waals surface area contributed by atoms with Crippen LogP contribution in [0, 0.1) is 5.92 Å². The molecule has 1 aromatic heterocycles. The first-order valence-corrected chi connectivity index (χ1v) is 9.39. The number of nitrogens with zero attached hydrogens (tertiary/aromatic N) is 3. The molecule has 0 aliphatic carbocycles. The third-order valence-corrected chi connectivity index (χ3v) is 5.17. The lowest BCUT2D eigenvalue weighted by Crippen LogP contribution is -2.34. The predicted octanol–water partition coefficient (Wildman–Crippen LogP) is 4.69. The van der Waals surface area contributed by atoms with Crippen LogP contribution in [-0.4, -0.2) is 28.7 Å². The van der Waals surface area contributed by atoms with Gasteiger partial charge < -0.3 is 4.90 Å². The number of hydrogen-bond donors (Lipinski definition) is 0. The fourth-order valence-corrected chi connectivity index (χ4v) is 3.41. The number of ketones is 1. The zero-order valence-corrected chi connectivity index (χ0v) is 15.8. The van der Waals surface area contributed by atoms with E-state index in [-0.39, 0.29) is 11.7 Å². The number of carbonyl (C=O) groups excluding carboxylic acids is 1. The maximum absolute atomic E-state index is 12.1. The molecule has 0 bridgehead atoms. The summed E-state index contributed by atoms with van der Waals surface area (Å²) in [7, 11) is 0. The third kappa shape index (κ3) is 3.94. The van der Waals surface area contributed by atoms with Gasteiger partial charge in [-0.15, -0.1) is 0 Å². The van der Waals surface area contributed by atoms with Crippen LogP contribution in [0.4, 0.5) is 5.69 Å². The molecule has 3 rings (SSSR count). The quantitative estimate of drug-likeness (QED) is 0.742. The van der Waals surface area contributed by atoms with E-state index in [0.717, 1.165) is 31.5 Å². The summed E-state index contributed by atoms with van der Waals surface area (Å²) in [5, 5.41) is 4.57. The fourth-order valence-electron chi connectivity index (χ4n) is 3.41. The molecule has 0 N–H and O–H groups in total. The van der Waals surface area contributed by atoms with Gasteiger partial charge >= 0.3 is 0 Å². The Kier molecular flexibility index (Phi) is 5.26. The average Bonchev–Trinajstić information content (AvgIpc) is 3.12. The monoisotopic (exact) mass is 339 g/mol. The van der Waals surface area contributed by atoms with Gasteiger partial charge in [0.05, 0.1) is 12.2 Å². The van der Waals surface area contributed by atoms with E-state index in [1.54, 1.807) is 0 Å². The van der Waals surface area contributed by atoms with Crippen LogP contribution in [-0.2, 0) is 0 Å². The van der Waals surface area contributed by atoms with Crippen molar-refractivity contribution in [3.8, 4) is 0 Å². The zero-order valence-electron chi connectivity index (χ0n) is 15.8. The van der Waals surface area contributed by atoms with E-state index in [2.05, 4.69) is 46.9 Å². The van der Waals surface area contributed by atoms with Gasteiger partial charge in [0, 0.05) is 36.5 Å². The van der Waals surface area contributed by atoms with Gasteiger partial charge in [-0.05, 0) is 48.6 Å². The van der Waals surface area contributed by atoms with Crippen LogP contribution in [0.15, 0.2) is 36.7 Å². The van der Waals surface area contributed by atoms with Gasteiger partial charge in [-0.3, -0.25) is 9.48 Å². The van der Waals surface area contributed by atoms with Crippen molar-refractivity contribution in [2.75, 3.05) is 18.0 Å². The third-order valence-electron chi connectivity index (χ3n) is 5.17. The number of anilines is 1. The Morgan fingerprint density at radius 3 is 2.24 bits per heavy atom. The molecule has 1 aliphatic heterocycles. The zero-order chi connectivity index (χ0) is 18.0. The molecule has 1 aromatic carbocycles. The SMILES string of the molecule is CC(C)C(=O)c1ccc(N2CCC(n3cc(C(C)C)cn3)CC2)cc1. The highest BCUT2D eigenvalue weighted by Crippen LogP contribution is 2.27. The molecular formula is C21H29N3O. The topological polar surface area (TPSA) is 38.1 Å². The van der Waals surface area contributed by atoms with E-state index < -0.39 is 0 Å². The number of benzene rings is 1. The Labute approximate surface area is 150 Å². The molecule has 0 saturated carbocycles. The first kappa shape index (κ1) is 17.7. The second-order valence-electron chi connectivity index (χ2n) is 7.69. The highest BCUT2D eigenvalue weighted by atomic mass is 16.1. The summed E-state index contributed by atoms with van der Waals surface area (Å²) in [4.78, 5) is 14.5. The summed E-state index contributed by atoms with van der Waals surface area (Å²) in [6, 6.07) is 8.59. The Bertz CT molecular complexity index is 707. The van der Waals surface area contributed by atoms with E-state index in [4.69, 9.17) is 0 Å². The molecule has 2 aromatic rings. The molecule has 0 atom stereocenters. The number of Topliss-reactive ketones (excluding diaryl/α,β-unsaturated/α-hetero) is 1. The first-order chi connectivity index (χ1) is 12.0. The molecule has 25 heavy (non-hydrogen) atoms. The minimum Gasteiger partial charge on any atom is -0.371 e. The first-order valence-electron chi connectivity index (χ1n) is 9.39. The van der Waals surface area contributed by atoms with Crippen molar-refractivity contribution in [3.05, 3.63) is 47.8 Å². The molecule has 1 aliphatic rings. The van der Waals surface area contributed by atoms with E-state index in [0.29, 0.717) is 12.0 Å². The Morgan fingerprint density at radius 2 is 1.72 bits per heavy atom. The molecule has 0 spiro atoms. The molecule has 1 saturated heterocycles.